The molecule has 0 saturated carbocycles. The number of benzene rings is 1. The van der Waals surface area contributed by atoms with Crippen LogP contribution in [-0.2, 0) is 24.4 Å². The van der Waals surface area contributed by atoms with Crippen molar-refractivity contribution < 1.29 is 9.59 Å². The maximum atomic E-state index is 13.0. The van der Waals surface area contributed by atoms with Gasteiger partial charge in [0.25, 0.3) is 0 Å². The lowest BCUT2D eigenvalue weighted by atomic mass is 10.1. The minimum atomic E-state index is 0.118. The number of amides is 3. The number of hydrogen-bond donors (Lipinski definition) is 0. The van der Waals surface area contributed by atoms with Crippen LogP contribution in [0.2, 0.25) is 0 Å². The van der Waals surface area contributed by atoms with Gasteiger partial charge in [0.1, 0.15) is 0 Å². The van der Waals surface area contributed by atoms with Crippen molar-refractivity contribution >= 4 is 17.6 Å². The Morgan fingerprint density at radius 2 is 1.60 bits per heavy atom. The third kappa shape index (κ3) is 5.42. The summed E-state index contributed by atoms with van der Waals surface area (Å²) in [5.41, 5.74) is 4.85. The van der Waals surface area contributed by atoms with E-state index >= 15 is 0 Å². The van der Waals surface area contributed by atoms with Gasteiger partial charge in [0.05, 0.1) is 24.1 Å². The van der Waals surface area contributed by atoms with Gasteiger partial charge in [-0.3, -0.25) is 14.7 Å². The van der Waals surface area contributed by atoms with Gasteiger partial charge in [0.2, 0.25) is 5.91 Å². The lowest BCUT2D eigenvalue weighted by molar-refractivity contribution is -0.129. The Bertz CT molecular complexity index is 1020. The fourth-order valence-corrected chi connectivity index (χ4v) is 5.53. The Hall–Kier alpha value is -3.13. The van der Waals surface area contributed by atoms with Gasteiger partial charge in [-0.25, -0.2) is 4.79 Å². The zero-order valence-electron chi connectivity index (χ0n) is 20.9. The minimum absolute atomic E-state index is 0.118. The number of nitrogens with zero attached hydrogens (tertiary/aromatic N) is 6. The smallest absolute Gasteiger partial charge is 0.320 e. The molecular formula is C27H36N6O2. The molecule has 3 aliphatic rings. The molecule has 0 N–H and O–H groups in total. The molecule has 0 spiro atoms. The summed E-state index contributed by atoms with van der Waals surface area (Å²) in [4.78, 5) is 39.7. The van der Waals surface area contributed by atoms with E-state index in [4.69, 9.17) is 0 Å². The molecule has 0 bridgehead atoms. The molecular weight excluding hydrogens is 440 g/mol. The number of fused-ring (bicyclic) bond motifs is 1. The minimum Gasteiger partial charge on any atom is -0.367 e. The zero-order chi connectivity index (χ0) is 24.4. The highest BCUT2D eigenvalue weighted by atomic mass is 16.2. The van der Waals surface area contributed by atoms with Gasteiger partial charge in [0, 0.05) is 72.4 Å². The van der Waals surface area contributed by atoms with E-state index in [1.54, 1.807) is 6.92 Å². The van der Waals surface area contributed by atoms with E-state index < -0.39 is 0 Å². The Kier molecular flexibility index (Phi) is 6.90. The molecule has 8 nitrogen and oxygen atoms in total. The average molecular weight is 477 g/mol. The molecule has 3 amide bonds. The highest BCUT2D eigenvalue weighted by Crippen LogP contribution is 2.24. The van der Waals surface area contributed by atoms with Crippen LogP contribution in [0.1, 0.15) is 30.7 Å². The van der Waals surface area contributed by atoms with E-state index in [9.17, 15) is 9.59 Å². The van der Waals surface area contributed by atoms with Gasteiger partial charge in [-0.05, 0) is 29.2 Å². The van der Waals surface area contributed by atoms with Crippen LogP contribution in [0.15, 0.2) is 42.6 Å². The fourth-order valence-electron chi connectivity index (χ4n) is 5.53. The number of hydrogen-bond acceptors (Lipinski definition) is 5. The molecule has 35 heavy (non-hydrogen) atoms. The average Bonchev–Trinajstić information content (AvgIpc) is 3.42. The molecule has 8 heteroatoms. The highest BCUT2D eigenvalue weighted by molar-refractivity contribution is 5.76. The molecule has 4 heterocycles. The molecule has 1 atom stereocenters. The first-order valence-electron chi connectivity index (χ1n) is 12.7. The molecule has 1 aromatic heterocycles. The number of aromatic nitrogens is 1. The molecule has 1 aromatic carbocycles. The lowest BCUT2D eigenvalue weighted by Crippen LogP contribution is -2.48. The van der Waals surface area contributed by atoms with Crippen molar-refractivity contribution in [3.8, 4) is 0 Å². The second-order valence-electron chi connectivity index (χ2n) is 10.2. The number of carbonyl (C=O) groups excluding carboxylic acids is 2. The van der Waals surface area contributed by atoms with Crippen LogP contribution in [0, 0.1) is 5.92 Å². The standard InChI is InChI=1S/C27H36N6O2/c1-21(16-29-18-23-5-3-4-6-24(23)19-29)17-32-13-14-33(27(32)35)20-25-7-8-26(15-28-25)31-11-9-30(10-12-31)22(2)34/h3-8,15,21H,9-14,16-20H2,1-2H3. The maximum absolute atomic E-state index is 13.0. The summed E-state index contributed by atoms with van der Waals surface area (Å²) < 4.78 is 0. The third-order valence-corrected chi connectivity index (χ3v) is 7.44. The van der Waals surface area contributed by atoms with Crippen molar-refractivity contribution in [1.82, 2.24) is 24.6 Å². The van der Waals surface area contributed by atoms with E-state index in [1.807, 2.05) is 27.0 Å². The second kappa shape index (κ2) is 10.2. The van der Waals surface area contributed by atoms with Gasteiger partial charge in [0.15, 0.2) is 0 Å². The van der Waals surface area contributed by atoms with E-state index in [-0.39, 0.29) is 11.9 Å². The van der Waals surface area contributed by atoms with Crippen LogP contribution >= 0.6 is 0 Å². The summed E-state index contributed by atoms with van der Waals surface area (Å²) in [5.74, 6) is 0.563. The quantitative estimate of drug-likeness (QED) is 0.615. The number of piperazine rings is 1. The van der Waals surface area contributed by atoms with Gasteiger partial charge in [-0.15, -0.1) is 0 Å². The van der Waals surface area contributed by atoms with Crippen LogP contribution < -0.4 is 4.90 Å². The Morgan fingerprint density at radius 3 is 2.23 bits per heavy atom. The molecule has 186 valence electrons. The topological polar surface area (TPSA) is 63.2 Å². The van der Waals surface area contributed by atoms with Crippen LogP contribution in [0.5, 0.6) is 0 Å². The van der Waals surface area contributed by atoms with Gasteiger partial charge in [-0.1, -0.05) is 31.2 Å². The molecule has 2 fully saturated rings. The number of urea groups is 1. The highest BCUT2D eigenvalue weighted by Gasteiger charge is 2.30. The van der Waals surface area contributed by atoms with Crippen molar-refractivity contribution in [2.24, 2.45) is 5.92 Å². The van der Waals surface area contributed by atoms with Crippen molar-refractivity contribution in [2.75, 3.05) is 57.3 Å². The summed E-state index contributed by atoms with van der Waals surface area (Å²) in [5, 5.41) is 0. The molecule has 1 unspecified atom stereocenters. The van der Waals surface area contributed by atoms with E-state index in [1.165, 1.54) is 11.1 Å². The largest absolute Gasteiger partial charge is 0.367 e. The molecule has 3 aliphatic heterocycles. The van der Waals surface area contributed by atoms with Gasteiger partial charge < -0.3 is 19.6 Å². The molecule has 0 aliphatic carbocycles. The molecule has 5 rings (SSSR count). The van der Waals surface area contributed by atoms with Crippen LogP contribution in [-0.4, -0.2) is 88.9 Å². The first-order valence-corrected chi connectivity index (χ1v) is 12.7. The maximum Gasteiger partial charge on any atom is 0.320 e. The van der Waals surface area contributed by atoms with Crippen molar-refractivity contribution in [3.05, 3.63) is 59.4 Å². The SMILES string of the molecule is CC(=O)N1CCN(c2ccc(CN3CCN(CC(C)CN4Cc5ccccc5C4)C3=O)nc2)CC1. The predicted octanol–water partition coefficient (Wildman–Crippen LogP) is 2.64. The Morgan fingerprint density at radius 1 is 0.914 bits per heavy atom. The number of rotatable bonds is 7. The molecule has 2 aromatic rings. The van der Waals surface area contributed by atoms with Crippen molar-refractivity contribution in [2.45, 2.75) is 33.5 Å². The summed E-state index contributed by atoms with van der Waals surface area (Å²) in [6, 6.07) is 12.9. The van der Waals surface area contributed by atoms with Crippen molar-refractivity contribution in [3.63, 3.8) is 0 Å². The fraction of sp³-hybridized carbons (Fsp3) is 0.519. The van der Waals surface area contributed by atoms with E-state index in [2.05, 4.69) is 52.0 Å². The normalized spacial score (nSPS) is 19.4. The number of anilines is 1. The van der Waals surface area contributed by atoms with E-state index in [0.29, 0.717) is 12.5 Å². The summed E-state index contributed by atoms with van der Waals surface area (Å²) in [6.07, 6.45) is 1.90. The zero-order valence-corrected chi connectivity index (χ0v) is 20.9. The summed E-state index contributed by atoms with van der Waals surface area (Å²) in [6.45, 7) is 12.9. The first-order chi connectivity index (χ1) is 17.0. The Labute approximate surface area is 208 Å². The molecule has 2 saturated heterocycles. The molecule has 0 radical (unpaired) electrons. The van der Waals surface area contributed by atoms with Crippen LogP contribution in [0.25, 0.3) is 0 Å². The lowest BCUT2D eigenvalue weighted by Gasteiger charge is -2.35. The summed E-state index contributed by atoms with van der Waals surface area (Å²) in [7, 11) is 0. The second-order valence-corrected chi connectivity index (χ2v) is 10.2. The van der Waals surface area contributed by atoms with Gasteiger partial charge >= 0.3 is 6.03 Å². The van der Waals surface area contributed by atoms with Gasteiger partial charge in [-0.2, -0.15) is 0 Å². The van der Waals surface area contributed by atoms with Crippen LogP contribution in [0.3, 0.4) is 0 Å². The monoisotopic (exact) mass is 476 g/mol. The summed E-state index contributed by atoms with van der Waals surface area (Å²) >= 11 is 0. The number of pyridine rings is 1. The predicted molar refractivity (Wildman–Crippen MR) is 136 cm³/mol. The van der Waals surface area contributed by atoms with Crippen LogP contribution in [0.4, 0.5) is 10.5 Å². The first kappa shape index (κ1) is 23.6. The number of carbonyl (C=O) groups is 2. The van der Waals surface area contributed by atoms with Crippen molar-refractivity contribution in [1.29, 1.82) is 0 Å². The third-order valence-electron chi connectivity index (χ3n) is 7.44. The van der Waals surface area contributed by atoms with E-state index in [0.717, 1.165) is 76.8 Å². The Balaban J connectivity index is 1.08.